The number of aromatic nitrogens is 3. The maximum atomic E-state index is 13.1. The van der Waals surface area contributed by atoms with E-state index < -0.39 is 4.92 Å². The molecule has 34 heavy (non-hydrogen) atoms. The van der Waals surface area contributed by atoms with E-state index in [2.05, 4.69) is 15.5 Å². The normalized spacial score (nSPS) is 11.9. The Hall–Kier alpha value is -3.98. The largest absolute Gasteiger partial charge is 0.349 e. The molecule has 3 aromatic carbocycles. The van der Waals surface area contributed by atoms with E-state index in [1.54, 1.807) is 23.7 Å². The molecule has 4 aromatic rings. The Bertz CT molecular complexity index is 1250. The van der Waals surface area contributed by atoms with Gasteiger partial charge in [-0.15, -0.1) is 10.2 Å². The summed E-state index contributed by atoms with van der Waals surface area (Å²) in [6.07, 6.45) is 1.52. The maximum Gasteiger partial charge on any atom is 0.284 e. The summed E-state index contributed by atoms with van der Waals surface area (Å²) in [4.78, 5) is 24.7. The molecule has 1 heterocycles. The molecule has 0 aliphatic heterocycles. The lowest BCUT2D eigenvalue weighted by Gasteiger charge is -2.26. The van der Waals surface area contributed by atoms with Gasteiger partial charge in [0.25, 0.3) is 11.6 Å². The van der Waals surface area contributed by atoms with Crippen LogP contribution in [0.4, 0.5) is 5.69 Å². The average molecular weight is 474 g/mol. The first-order chi connectivity index (χ1) is 16.4. The summed E-state index contributed by atoms with van der Waals surface area (Å²) in [6.45, 7) is 1.94. The fourth-order valence-corrected chi connectivity index (χ4v) is 4.66. The fourth-order valence-electron chi connectivity index (χ4n) is 3.81. The summed E-state index contributed by atoms with van der Waals surface area (Å²) < 4.78 is 1.67. The fraction of sp³-hybridized carbons (Fsp3) is 0.160. The van der Waals surface area contributed by atoms with Crippen LogP contribution < -0.4 is 5.32 Å². The second-order valence-corrected chi connectivity index (χ2v) is 8.84. The van der Waals surface area contributed by atoms with Crippen molar-refractivity contribution in [1.82, 2.24) is 20.1 Å². The van der Waals surface area contributed by atoms with Crippen LogP contribution in [0.3, 0.4) is 0 Å². The zero-order valence-electron chi connectivity index (χ0n) is 18.7. The van der Waals surface area contributed by atoms with Crippen molar-refractivity contribution in [1.29, 1.82) is 0 Å². The number of nitro benzene ring substituents is 1. The molecule has 1 amide bonds. The van der Waals surface area contributed by atoms with Crippen molar-refractivity contribution in [3.05, 3.63) is 112 Å². The average Bonchev–Trinajstić information content (AvgIpc) is 3.25. The number of rotatable bonds is 8. The van der Waals surface area contributed by atoms with Gasteiger partial charge in [-0.05, 0) is 41.9 Å². The molecule has 4 rings (SSSR count). The van der Waals surface area contributed by atoms with Crippen LogP contribution in [-0.4, -0.2) is 31.6 Å². The van der Waals surface area contributed by atoms with Gasteiger partial charge in [-0.2, -0.15) is 0 Å². The second-order valence-electron chi connectivity index (χ2n) is 7.83. The Morgan fingerprint density at radius 3 is 2.18 bits per heavy atom. The monoisotopic (exact) mass is 473 g/mol. The molecular formula is C25H23N5O3S. The van der Waals surface area contributed by atoms with Crippen molar-refractivity contribution in [3.8, 4) is 0 Å². The molecule has 8 nitrogen and oxygen atoms in total. The smallest absolute Gasteiger partial charge is 0.284 e. The minimum absolute atomic E-state index is 0.0768. The van der Waals surface area contributed by atoms with Gasteiger partial charge in [0.1, 0.15) is 6.33 Å². The van der Waals surface area contributed by atoms with E-state index in [9.17, 15) is 14.9 Å². The first kappa shape index (κ1) is 23.2. The summed E-state index contributed by atoms with van der Waals surface area (Å²) in [5, 5.41) is 23.0. The van der Waals surface area contributed by atoms with E-state index in [1.165, 1.54) is 12.4 Å². The first-order valence-corrected chi connectivity index (χ1v) is 11.5. The van der Waals surface area contributed by atoms with Gasteiger partial charge >= 0.3 is 0 Å². The minimum Gasteiger partial charge on any atom is -0.349 e. The molecular weight excluding hydrogens is 450 g/mol. The summed E-state index contributed by atoms with van der Waals surface area (Å²) in [6, 6.07) is 24.1. The highest BCUT2D eigenvalue weighted by Gasteiger charge is 2.25. The number of aryl methyl sites for hydroxylation is 1. The van der Waals surface area contributed by atoms with Gasteiger partial charge in [0, 0.05) is 30.6 Å². The number of hydrogen-bond acceptors (Lipinski definition) is 6. The Kier molecular flexibility index (Phi) is 7.03. The van der Waals surface area contributed by atoms with Crippen molar-refractivity contribution >= 4 is 23.4 Å². The van der Waals surface area contributed by atoms with E-state index in [0.717, 1.165) is 22.9 Å². The van der Waals surface area contributed by atoms with E-state index in [4.69, 9.17) is 0 Å². The van der Waals surface area contributed by atoms with Crippen LogP contribution in [0.1, 0.15) is 34.3 Å². The Labute approximate surface area is 201 Å². The highest BCUT2D eigenvalue weighted by atomic mass is 32.2. The highest BCUT2D eigenvalue weighted by Crippen LogP contribution is 2.34. The zero-order chi connectivity index (χ0) is 24.1. The van der Waals surface area contributed by atoms with Crippen molar-refractivity contribution in [2.24, 2.45) is 7.05 Å². The van der Waals surface area contributed by atoms with Gasteiger partial charge < -0.3 is 9.88 Å². The predicted molar refractivity (Wildman–Crippen MR) is 130 cm³/mol. The van der Waals surface area contributed by atoms with Crippen molar-refractivity contribution in [2.45, 2.75) is 28.9 Å². The minimum atomic E-state index is -0.490. The zero-order valence-corrected chi connectivity index (χ0v) is 19.5. The molecule has 0 spiro atoms. The predicted octanol–water partition coefficient (Wildman–Crippen LogP) is 4.82. The molecule has 0 aliphatic rings. The lowest BCUT2D eigenvalue weighted by atomic mass is 9.85. The Balaban J connectivity index is 1.59. The van der Waals surface area contributed by atoms with E-state index >= 15 is 0 Å². The third-order valence-electron chi connectivity index (χ3n) is 5.47. The molecule has 0 fully saturated rings. The van der Waals surface area contributed by atoms with Crippen LogP contribution in [0.2, 0.25) is 0 Å². The third kappa shape index (κ3) is 5.15. The SMILES string of the molecule is CC(NC(=O)c1ccc(Sc2nncn2C)c([N+](=O)[O-])c1)C(c1ccccc1)c1ccccc1. The highest BCUT2D eigenvalue weighted by molar-refractivity contribution is 7.99. The summed E-state index contributed by atoms with van der Waals surface area (Å²) in [5.41, 5.74) is 2.21. The molecule has 1 unspecified atom stereocenters. The van der Waals surface area contributed by atoms with Gasteiger partial charge in [-0.25, -0.2) is 0 Å². The van der Waals surface area contributed by atoms with Crippen molar-refractivity contribution in [2.75, 3.05) is 0 Å². The standard InChI is InChI=1S/C25H23N5O3S/c1-17(23(18-9-5-3-6-10-18)19-11-7-4-8-12-19)27-24(31)20-13-14-22(21(15-20)30(32)33)34-25-28-26-16-29(25)2/h3-17,23H,1-2H3,(H,27,31). The van der Waals surface area contributed by atoms with Gasteiger partial charge in [0.2, 0.25) is 0 Å². The molecule has 1 atom stereocenters. The van der Waals surface area contributed by atoms with Gasteiger partial charge in [0.15, 0.2) is 5.16 Å². The lowest BCUT2D eigenvalue weighted by molar-refractivity contribution is -0.387. The summed E-state index contributed by atoms with van der Waals surface area (Å²) in [5.74, 6) is -0.449. The molecule has 172 valence electrons. The van der Waals surface area contributed by atoms with Gasteiger partial charge in [0.05, 0.1) is 9.82 Å². The first-order valence-electron chi connectivity index (χ1n) is 10.6. The van der Waals surface area contributed by atoms with E-state index in [-0.39, 0.29) is 29.1 Å². The topological polar surface area (TPSA) is 103 Å². The van der Waals surface area contributed by atoms with Crippen molar-refractivity contribution < 1.29 is 9.72 Å². The molecule has 1 N–H and O–H groups in total. The summed E-state index contributed by atoms with van der Waals surface area (Å²) in [7, 11) is 1.76. The van der Waals surface area contributed by atoms with Crippen LogP contribution in [0.25, 0.3) is 0 Å². The van der Waals surface area contributed by atoms with E-state index in [0.29, 0.717) is 10.1 Å². The second kappa shape index (κ2) is 10.3. The molecule has 0 radical (unpaired) electrons. The number of hydrogen-bond donors (Lipinski definition) is 1. The Morgan fingerprint density at radius 1 is 1.03 bits per heavy atom. The van der Waals surface area contributed by atoms with Crippen LogP contribution in [0.15, 0.2) is 95.2 Å². The molecule has 0 aliphatic carbocycles. The molecule has 0 saturated heterocycles. The molecule has 9 heteroatoms. The lowest BCUT2D eigenvalue weighted by Crippen LogP contribution is -2.37. The van der Waals surface area contributed by atoms with Crippen LogP contribution in [0, 0.1) is 10.1 Å². The maximum absolute atomic E-state index is 13.1. The number of nitrogens with zero attached hydrogens (tertiary/aromatic N) is 4. The van der Waals surface area contributed by atoms with Gasteiger partial charge in [-0.1, -0.05) is 60.7 Å². The quantitative estimate of drug-likeness (QED) is 0.291. The third-order valence-corrected chi connectivity index (χ3v) is 6.58. The van der Waals surface area contributed by atoms with Gasteiger partial charge in [-0.3, -0.25) is 14.9 Å². The molecule has 0 bridgehead atoms. The van der Waals surface area contributed by atoms with Crippen molar-refractivity contribution in [3.63, 3.8) is 0 Å². The number of nitrogens with one attached hydrogen (secondary N) is 1. The van der Waals surface area contributed by atoms with Crippen LogP contribution >= 0.6 is 11.8 Å². The number of carbonyl (C=O) groups is 1. The summed E-state index contributed by atoms with van der Waals surface area (Å²) >= 11 is 1.13. The molecule has 0 saturated carbocycles. The van der Waals surface area contributed by atoms with Crippen LogP contribution in [-0.2, 0) is 7.05 Å². The van der Waals surface area contributed by atoms with E-state index in [1.807, 2.05) is 67.6 Å². The number of nitro groups is 1. The number of benzene rings is 3. The Morgan fingerprint density at radius 2 is 1.65 bits per heavy atom. The number of amides is 1. The molecule has 1 aromatic heterocycles. The number of carbonyl (C=O) groups excluding carboxylic acids is 1. The van der Waals surface area contributed by atoms with Crippen LogP contribution in [0.5, 0.6) is 0 Å².